The van der Waals surface area contributed by atoms with E-state index in [1.807, 2.05) is 0 Å². The number of hydrogen-bond acceptors (Lipinski definition) is 3. The highest BCUT2D eigenvalue weighted by molar-refractivity contribution is 7.90. The van der Waals surface area contributed by atoms with E-state index in [1.54, 1.807) is 18.2 Å². The van der Waals surface area contributed by atoms with Crippen LogP contribution in [0.2, 0.25) is 0 Å². The highest BCUT2D eigenvalue weighted by Gasteiger charge is 2.69. The van der Waals surface area contributed by atoms with Gasteiger partial charge in [0.1, 0.15) is 0 Å². The molecule has 27 heavy (non-hydrogen) atoms. The number of benzene rings is 1. The van der Waals surface area contributed by atoms with Crippen LogP contribution in [0.25, 0.3) is 0 Å². The maximum atomic E-state index is 13.3. The van der Waals surface area contributed by atoms with Gasteiger partial charge in [0, 0.05) is 17.8 Å². The Morgan fingerprint density at radius 2 is 1.93 bits per heavy atom. The van der Waals surface area contributed by atoms with E-state index in [9.17, 15) is 26.2 Å². The minimum atomic E-state index is -4.66. The molecule has 0 saturated carbocycles. The third-order valence-corrected chi connectivity index (χ3v) is 6.08. The molecule has 1 aliphatic heterocycles. The van der Waals surface area contributed by atoms with Crippen LogP contribution in [0.4, 0.5) is 22.0 Å². The Morgan fingerprint density at radius 1 is 1.26 bits per heavy atom. The molecule has 1 fully saturated rings. The summed E-state index contributed by atoms with van der Waals surface area (Å²) in [5.74, 6) is 0. The normalized spacial score (nSPS) is 26.2. The first-order valence-electron chi connectivity index (χ1n) is 8.05. The van der Waals surface area contributed by atoms with Gasteiger partial charge < -0.3 is 5.11 Å². The molecule has 1 aliphatic carbocycles. The van der Waals surface area contributed by atoms with Crippen LogP contribution in [0.15, 0.2) is 24.4 Å². The fourth-order valence-corrected chi connectivity index (χ4v) is 4.49. The summed E-state index contributed by atoms with van der Waals surface area (Å²) in [7, 11) is -2.28. The lowest BCUT2D eigenvalue weighted by Gasteiger charge is -2.06. The number of aliphatic hydroxyl groups is 1. The van der Waals surface area contributed by atoms with Gasteiger partial charge in [0.05, 0.1) is 13.2 Å². The molecule has 1 N–H and O–H groups in total. The van der Waals surface area contributed by atoms with Crippen LogP contribution in [0.1, 0.15) is 27.9 Å². The summed E-state index contributed by atoms with van der Waals surface area (Å²) in [6, 6.07) is 4.64. The number of alkyl halides is 5. The van der Waals surface area contributed by atoms with E-state index < -0.39 is 40.9 Å². The van der Waals surface area contributed by atoms with Crippen molar-refractivity contribution in [2.24, 2.45) is 0 Å². The van der Waals surface area contributed by atoms with Crippen molar-refractivity contribution < 1.29 is 31.3 Å². The lowest BCUT2D eigenvalue weighted by atomic mass is 10.1. The van der Waals surface area contributed by atoms with E-state index >= 15 is 0 Å². The van der Waals surface area contributed by atoms with Crippen molar-refractivity contribution in [3.05, 3.63) is 52.3 Å². The van der Waals surface area contributed by atoms with E-state index in [4.69, 9.17) is 5.11 Å². The Hall–Kier alpha value is -1.85. The molecule has 2 aromatic rings. The molecule has 2 aliphatic rings. The quantitative estimate of drug-likeness (QED) is 0.481. The summed E-state index contributed by atoms with van der Waals surface area (Å²) >= 11 is 0. The number of aromatic nitrogens is 2. The van der Waals surface area contributed by atoms with Gasteiger partial charge in [-0.05, 0) is 29.5 Å². The van der Waals surface area contributed by atoms with Crippen LogP contribution in [0.3, 0.4) is 0 Å². The standard InChI is InChI=1S/C16H14F5N3O2S/c17-15(18,19)14-12(8-25)7-23(22-14)6-9-1-2-10-4-13(5-11(10)3-9)24-16(20,21)27(24)26/h1-3,7,13,25H,4-6,8H2. The lowest BCUT2D eigenvalue weighted by molar-refractivity contribution is -0.142. The van der Waals surface area contributed by atoms with Crippen LogP contribution >= 0.6 is 0 Å². The maximum absolute atomic E-state index is 13.3. The zero-order valence-electron chi connectivity index (χ0n) is 13.7. The van der Waals surface area contributed by atoms with Crippen LogP contribution in [-0.2, 0) is 43.2 Å². The molecule has 4 rings (SSSR count). The van der Waals surface area contributed by atoms with Crippen molar-refractivity contribution in [1.29, 1.82) is 0 Å². The Morgan fingerprint density at radius 3 is 2.48 bits per heavy atom. The van der Waals surface area contributed by atoms with Gasteiger partial charge in [-0.3, -0.25) is 4.68 Å². The van der Waals surface area contributed by atoms with Crippen molar-refractivity contribution >= 4 is 11.0 Å². The Labute approximate surface area is 153 Å². The predicted octanol–water partition coefficient (Wildman–Crippen LogP) is 2.44. The van der Waals surface area contributed by atoms with Gasteiger partial charge in [-0.2, -0.15) is 27.1 Å². The van der Waals surface area contributed by atoms with Crippen LogP contribution in [0.5, 0.6) is 0 Å². The largest absolute Gasteiger partial charge is 0.435 e. The van der Waals surface area contributed by atoms with E-state index in [0.29, 0.717) is 22.7 Å². The second-order valence-electron chi connectivity index (χ2n) is 6.58. The van der Waals surface area contributed by atoms with Crippen LogP contribution in [0, 0.1) is 0 Å². The topological polar surface area (TPSA) is 58.1 Å². The molecule has 0 bridgehead atoms. The number of halogens is 5. The number of nitrogens with zero attached hydrogens (tertiary/aromatic N) is 3. The monoisotopic (exact) mass is 407 g/mol. The molecule has 1 aromatic carbocycles. The van der Waals surface area contributed by atoms with Crippen molar-refractivity contribution in [3.63, 3.8) is 0 Å². The molecule has 0 spiro atoms. The van der Waals surface area contributed by atoms with Gasteiger partial charge in [0.2, 0.25) is 0 Å². The molecular formula is C16H14F5N3O2S. The summed E-state index contributed by atoms with van der Waals surface area (Å²) in [6.45, 7) is -0.727. The fraction of sp³-hybridized carbons (Fsp3) is 0.438. The van der Waals surface area contributed by atoms with Crippen molar-refractivity contribution in [2.75, 3.05) is 0 Å². The molecule has 2 heterocycles. The second kappa shape index (κ2) is 6.08. The lowest BCUT2D eigenvalue weighted by Crippen LogP contribution is -2.23. The minimum absolute atomic E-state index is 0.0484. The molecule has 3 unspecified atom stereocenters. The average Bonchev–Trinajstić information content (AvgIpc) is 2.98. The molecule has 1 saturated heterocycles. The van der Waals surface area contributed by atoms with Crippen molar-refractivity contribution in [2.45, 2.75) is 43.6 Å². The van der Waals surface area contributed by atoms with Crippen molar-refractivity contribution in [3.8, 4) is 0 Å². The number of hydrogen-bond donors (Lipinski definition) is 1. The number of aliphatic hydroxyl groups excluding tert-OH is 1. The van der Waals surface area contributed by atoms with Gasteiger partial charge in [-0.15, -0.1) is 4.31 Å². The SMILES string of the molecule is O=S1N(C2Cc3ccc(Cn4cc(CO)c(C(F)(F)F)n4)cc3C2)C1(F)F. The molecule has 146 valence electrons. The van der Waals surface area contributed by atoms with E-state index in [0.717, 1.165) is 22.0 Å². The third kappa shape index (κ3) is 3.17. The van der Waals surface area contributed by atoms with Gasteiger partial charge in [0.25, 0.3) is 0 Å². The molecular weight excluding hydrogens is 393 g/mol. The minimum Gasteiger partial charge on any atom is -0.392 e. The number of fused-ring (bicyclic) bond motifs is 1. The first-order valence-corrected chi connectivity index (χ1v) is 9.16. The molecule has 1 aromatic heterocycles. The summed E-state index contributed by atoms with van der Waals surface area (Å²) in [5.41, 5.74) is 0.889. The van der Waals surface area contributed by atoms with Crippen LogP contribution < -0.4 is 0 Å². The molecule has 0 amide bonds. The van der Waals surface area contributed by atoms with Gasteiger partial charge in [-0.1, -0.05) is 18.2 Å². The van der Waals surface area contributed by atoms with Crippen LogP contribution in [-0.4, -0.2) is 34.8 Å². The summed E-state index contributed by atoms with van der Waals surface area (Å²) in [6.07, 6.45) is -2.86. The smallest absolute Gasteiger partial charge is 0.392 e. The average molecular weight is 407 g/mol. The highest BCUT2D eigenvalue weighted by atomic mass is 32.2. The first-order chi connectivity index (χ1) is 12.6. The molecule has 0 radical (unpaired) electrons. The van der Waals surface area contributed by atoms with Gasteiger partial charge in [0.15, 0.2) is 16.7 Å². The van der Waals surface area contributed by atoms with Gasteiger partial charge in [-0.25, -0.2) is 4.21 Å². The Balaban J connectivity index is 1.52. The first kappa shape index (κ1) is 18.5. The fourth-order valence-electron chi connectivity index (χ4n) is 3.51. The second-order valence-corrected chi connectivity index (χ2v) is 7.97. The maximum Gasteiger partial charge on any atom is 0.435 e. The molecule has 5 nitrogen and oxygen atoms in total. The van der Waals surface area contributed by atoms with Gasteiger partial charge >= 0.3 is 11.6 Å². The predicted molar refractivity (Wildman–Crippen MR) is 84.8 cm³/mol. The summed E-state index contributed by atoms with van der Waals surface area (Å²) in [4.78, 5) is 0. The third-order valence-electron chi connectivity index (χ3n) is 4.75. The molecule has 11 heteroatoms. The highest BCUT2D eigenvalue weighted by Crippen LogP contribution is 2.47. The Bertz CT molecular complexity index is 927. The number of rotatable bonds is 4. The van der Waals surface area contributed by atoms with E-state index in [-0.39, 0.29) is 12.1 Å². The summed E-state index contributed by atoms with van der Waals surface area (Å²) in [5, 5.41) is 9.32. The van der Waals surface area contributed by atoms with Crippen molar-refractivity contribution in [1.82, 2.24) is 14.1 Å². The Kier molecular flexibility index (Phi) is 4.17. The zero-order chi connectivity index (χ0) is 19.6. The van der Waals surface area contributed by atoms with E-state index in [2.05, 4.69) is 5.10 Å². The molecule has 3 atom stereocenters. The zero-order valence-corrected chi connectivity index (χ0v) is 14.5. The van der Waals surface area contributed by atoms with E-state index in [1.165, 1.54) is 0 Å². The summed E-state index contributed by atoms with van der Waals surface area (Å²) < 4.78 is 78.4.